The molecule has 0 aromatic heterocycles. The Morgan fingerprint density at radius 2 is 1.95 bits per heavy atom. The fraction of sp³-hybridized carbons (Fsp3) is 0.588. The number of amides is 1. The van der Waals surface area contributed by atoms with Crippen molar-refractivity contribution in [3.8, 4) is 0 Å². The fourth-order valence-electron chi connectivity index (χ4n) is 3.21. The number of carbonyl (C=O) groups excluding carboxylic acids is 1. The maximum Gasteiger partial charge on any atom is 0.231 e. The largest absolute Gasteiger partial charge is 0.343 e. The van der Waals surface area contributed by atoms with Gasteiger partial charge in [-0.15, -0.1) is 0 Å². The van der Waals surface area contributed by atoms with Crippen LogP contribution in [0.4, 0.5) is 4.39 Å². The lowest BCUT2D eigenvalue weighted by molar-refractivity contribution is -0.921. The Morgan fingerprint density at radius 3 is 2.57 bits per heavy atom. The van der Waals surface area contributed by atoms with Crippen molar-refractivity contribution < 1.29 is 14.1 Å². The van der Waals surface area contributed by atoms with Gasteiger partial charge in [0.2, 0.25) is 5.91 Å². The number of halogens is 1. The molecule has 1 N–H and O–H groups in total. The van der Waals surface area contributed by atoms with Crippen molar-refractivity contribution in [2.45, 2.75) is 33.2 Å². The third-order valence-electron chi connectivity index (χ3n) is 4.41. The highest BCUT2D eigenvalue weighted by Gasteiger charge is 2.30. The lowest BCUT2D eigenvalue weighted by atomic mass is 9.96. The third-order valence-corrected chi connectivity index (χ3v) is 4.41. The van der Waals surface area contributed by atoms with Crippen LogP contribution in [0, 0.1) is 11.7 Å². The molecule has 0 aliphatic carbocycles. The molecule has 1 saturated heterocycles. The lowest BCUT2D eigenvalue weighted by Gasteiger charge is -2.32. The van der Waals surface area contributed by atoms with E-state index in [0.29, 0.717) is 5.91 Å². The van der Waals surface area contributed by atoms with Crippen LogP contribution in [-0.2, 0) is 11.3 Å². The first kappa shape index (κ1) is 16.0. The second kappa shape index (κ2) is 7.55. The second-order valence-electron chi connectivity index (χ2n) is 5.86. The number of hydrogen-bond donors (Lipinski definition) is 1. The van der Waals surface area contributed by atoms with Crippen LogP contribution < -0.4 is 4.90 Å². The molecule has 4 heteroatoms. The van der Waals surface area contributed by atoms with Crippen molar-refractivity contribution in [3.05, 3.63) is 35.6 Å². The van der Waals surface area contributed by atoms with E-state index in [2.05, 4.69) is 0 Å². The fourth-order valence-corrected chi connectivity index (χ4v) is 3.21. The molecule has 116 valence electrons. The van der Waals surface area contributed by atoms with Crippen molar-refractivity contribution in [1.29, 1.82) is 0 Å². The summed E-state index contributed by atoms with van der Waals surface area (Å²) in [6.07, 6.45) is 2.09. The minimum atomic E-state index is -0.193. The minimum absolute atomic E-state index is 0.147. The SMILES string of the molecule is CCN(CC)C(=O)[C@@H]1CCC[NH+](Cc2ccc(F)cc2)C1. The summed E-state index contributed by atoms with van der Waals surface area (Å²) < 4.78 is 12.9. The molecule has 2 rings (SSSR count). The number of carbonyl (C=O) groups is 1. The van der Waals surface area contributed by atoms with Crippen LogP contribution in [0.25, 0.3) is 0 Å². The smallest absolute Gasteiger partial charge is 0.231 e. The van der Waals surface area contributed by atoms with E-state index in [1.807, 2.05) is 30.9 Å². The molecule has 1 aromatic rings. The summed E-state index contributed by atoms with van der Waals surface area (Å²) in [6, 6.07) is 6.71. The van der Waals surface area contributed by atoms with E-state index in [1.165, 1.54) is 17.0 Å². The number of nitrogens with zero attached hydrogens (tertiary/aromatic N) is 1. The maximum absolute atomic E-state index is 12.9. The molecule has 0 saturated carbocycles. The molecule has 1 heterocycles. The number of rotatable bonds is 5. The van der Waals surface area contributed by atoms with Gasteiger partial charge in [-0.25, -0.2) is 4.39 Å². The van der Waals surface area contributed by atoms with Crippen LogP contribution in [0.15, 0.2) is 24.3 Å². The lowest BCUT2D eigenvalue weighted by Crippen LogP contribution is -3.12. The number of nitrogens with one attached hydrogen (secondary N) is 1. The van der Waals surface area contributed by atoms with Crippen LogP contribution >= 0.6 is 0 Å². The van der Waals surface area contributed by atoms with Gasteiger partial charge < -0.3 is 9.80 Å². The summed E-state index contributed by atoms with van der Waals surface area (Å²) in [5, 5.41) is 0. The molecular formula is C17H26FN2O+. The van der Waals surface area contributed by atoms with Crippen molar-refractivity contribution >= 4 is 5.91 Å². The average Bonchev–Trinajstić information content (AvgIpc) is 2.51. The number of quaternary nitrogens is 1. The molecule has 21 heavy (non-hydrogen) atoms. The monoisotopic (exact) mass is 293 g/mol. The predicted molar refractivity (Wildman–Crippen MR) is 81.5 cm³/mol. The van der Waals surface area contributed by atoms with Crippen molar-refractivity contribution in [1.82, 2.24) is 4.90 Å². The first-order valence-electron chi connectivity index (χ1n) is 8.00. The molecule has 1 amide bonds. The molecule has 3 nitrogen and oxygen atoms in total. The van der Waals surface area contributed by atoms with Gasteiger partial charge in [0.15, 0.2) is 0 Å². The second-order valence-corrected chi connectivity index (χ2v) is 5.86. The Kier molecular flexibility index (Phi) is 5.74. The quantitative estimate of drug-likeness (QED) is 0.874. The summed E-state index contributed by atoms with van der Waals surface area (Å²) in [6.45, 7) is 8.52. The zero-order valence-electron chi connectivity index (χ0n) is 13.1. The molecule has 1 aliphatic heterocycles. The van der Waals surface area contributed by atoms with Gasteiger partial charge in [0.05, 0.1) is 19.0 Å². The Morgan fingerprint density at radius 1 is 1.29 bits per heavy atom. The number of benzene rings is 1. The Labute approximate surface area is 126 Å². The third kappa shape index (κ3) is 4.27. The van der Waals surface area contributed by atoms with Crippen molar-refractivity contribution in [3.63, 3.8) is 0 Å². The summed E-state index contributed by atoms with van der Waals surface area (Å²) >= 11 is 0. The summed E-state index contributed by atoms with van der Waals surface area (Å²) in [5.74, 6) is 0.257. The van der Waals surface area contributed by atoms with E-state index in [1.54, 1.807) is 0 Å². The molecule has 0 spiro atoms. The van der Waals surface area contributed by atoms with Crippen LogP contribution in [0.1, 0.15) is 32.3 Å². The van der Waals surface area contributed by atoms with E-state index < -0.39 is 0 Å². The summed E-state index contributed by atoms with van der Waals surface area (Å²) in [7, 11) is 0. The van der Waals surface area contributed by atoms with Crippen LogP contribution in [-0.4, -0.2) is 37.0 Å². The minimum Gasteiger partial charge on any atom is -0.343 e. The van der Waals surface area contributed by atoms with E-state index in [9.17, 15) is 9.18 Å². The highest BCUT2D eigenvalue weighted by molar-refractivity contribution is 5.78. The Balaban J connectivity index is 1.94. The van der Waals surface area contributed by atoms with Crippen LogP contribution in [0.2, 0.25) is 0 Å². The highest BCUT2D eigenvalue weighted by atomic mass is 19.1. The molecule has 0 radical (unpaired) electrons. The Bertz CT molecular complexity index is 456. The zero-order chi connectivity index (χ0) is 15.2. The molecule has 0 bridgehead atoms. The van der Waals surface area contributed by atoms with E-state index >= 15 is 0 Å². The van der Waals surface area contributed by atoms with Gasteiger partial charge >= 0.3 is 0 Å². The van der Waals surface area contributed by atoms with Crippen LogP contribution in [0.5, 0.6) is 0 Å². The maximum atomic E-state index is 12.9. The molecule has 1 unspecified atom stereocenters. The van der Waals surface area contributed by atoms with Crippen molar-refractivity contribution in [2.24, 2.45) is 5.92 Å². The zero-order valence-corrected chi connectivity index (χ0v) is 13.1. The van der Waals surface area contributed by atoms with Gasteiger partial charge in [0.1, 0.15) is 12.4 Å². The van der Waals surface area contributed by atoms with Gasteiger partial charge in [0, 0.05) is 18.7 Å². The van der Waals surface area contributed by atoms with Gasteiger partial charge in [-0.3, -0.25) is 4.79 Å². The standard InChI is InChI=1S/C17H25FN2O/c1-3-20(4-2)17(21)15-6-5-11-19(13-15)12-14-7-9-16(18)10-8-14/h7-10,15H,3-6,11-13H2,1-2H3/p+1/t15-/m1/s1. The van der Waals surface area contributed by atoms with Crippen LogP contribution in [0.3, 0.4) is 0 Å². The van der Waals surface area contributed by atoms with E-state index in [4.69, 9.17) is 0 Å². The molecule has 1 aliphatic rings. The summed E-state index contributed by atoms with van der Waals surface area (Å²) in [5.41, 5.74) is 1.14. The van der Waals surface area contributed by atoms with Gasteiger partial charge in [-0.05, 0) is 38.8 Å². The average molecular weight is 293 g/mol. The molecular weight excluding hydrogens is 267 g/mol. The number of hydrogen-bond acceptors (Lipinski definition) is 1. The topological polar surface area (TPSA) is 24.8 Å². The Hall–Kier alpha value is -1.42. The molecule has 1 aromatic carbocycles. The highest BCUT2D eigenvalue weighted by Crippen LogP contribution is 2.12. The number of likely N-dealkylation sites (tertiary alicyclic amines) is 1. The predicted octanol–water partition coefficient (Wildman–Crippen LogP) is 1.49. The molecule has 1 fully saturated rings. The first-order valence-corrected chi connectivity index (χ1v) is 8.00. The summed E-state index contributed by atoms with van der Waals surface area (Å²) in [4.78, 5) is 15.8. The normalized spacial score (nSPS) is 22.0. The van der Waals surface area contributed by atoms with Gasteiger partial charge in [-0.1, -0.05) is 12.1 Å². The van der Waals surface area contributed by atoms with Gasteiger partial charge in [-0.2, -0.15) is 0 Å². The molecule has 2 atom stereocenters. The van der Waals surface area contributed by atoms with E-state index in [-0.39, 0.29) is 11.7 Å². The first-order chi connectivity index (χ1) is 10.1. The van der Waals surface area contributed by atoms with Gasteiger partial charge in [0.25, 0.3) is 0 Å². The number of piperidine rings is 1. The van der Waals surface area contributed by atoms with E-state index in [0.717, 1.165) is 51.1 Å². The van der Waals surface area contributed by atoms with Crippen molar-refractivity contribution in [2.75, 3.05) is 26.2 Å².